The zero-order chi connectivity index (χ0) is 20.3. The third-order valence-corrected chi connectivity index (χ3v) is 3.70. The molecule has 28 heavy (non-hydrogen) atoms. The number of aryl methyl sites for hydroxylation is 1. The number of rotatable bonds is 4. The molecule has 1 aliphatic rings. The van der Waals surface area contributed by atoms with Crippen LogP contribution in [-0.2, 0) is 19.1 Å². The molecular weight excluding hydrogens is 362 g/mol. The van der Waals surface area contributed by atoms with Crippen LogP contribution < -0.4 is 9.47 Å². The molecule has 1 heterocycles. The van der Waals surface area contributed by atoms with Crippen molar-refractivity contribution in [1.82, 2.24) is 0 Å². The van der Waals surface area contributed by atoms with E-state index in [1.165, 1.54) is 32.1 Å². The molecule has 0 radical (unpaired) electrons. The van der Waals surface area contributed by atoms with Gasteiger partial charge in [0.25, 0.3) is 0 Å². The van der Waals surface area contributed by atoms with Crippen molar-refractivity contribution < 1.29 is 28.6 Å². The normalized spacial score (nSPS) is 14.5. The van der Waals surface area contributed by atoms with Crippen LogP contribution >= 0.6 is 0 Å². The first-order valence-electron chi connectivity index (χ1n) is 8.42. The summed E-state index contributed by atoms with van der Waals surface area (Å²) in [5.74, 6) is -1.33. The van der Waals surface area contributed by atoms with E-state index in [2.05, 4.69) is 4.99 Å². The van der Waals surface area contributed by atoms with E-state index in [9.17, 15) is 14.4 Å². The molecule has 142 valence electrons. The Morgan fingerprint density at radius 3 is 2.25 bits per heavy atom. The van der Waals surface area contributed by atoms with Crippen molar-refractivity contribution in [3.05, 3.63) is 64.9 Å². The first-order valence-corrected chi connectivity index (χ1v) is 8.42. The van der Waals surface area contributed by atoms with Gasteiger partial charge in [-0.3, -0.25) is 9.59 Å². The Labute approximate surface area is 161 Å². The van der Waals surface area contributed by atoms with Gasteiger partial charge in [0, 0.05) is 19.4 Å². The van der Waals surface area contributed by atoms with E-state index in [1.807, 2.05) is 31.2 Å². The number of carbonyl (C=O) groups is 3. The molecule has 0 aliphatic carbocycles. The topological polar surface area (TPSA) is 91.3 Å². The minimum absolute atomic E-state index is 0.0613. The van der Waals surface area contributed by atoms with Crippen LogP contribution in [0.25, 0.3) is 6.08 Å². The Morgan fingerprint density at radius 1 is 0.964 bits per heavy atom. The maximum absolute atomic E-state index is 12.1. The van der Waals surface area contributed by atoms with Crippen molar-refractivity contribution in [2.24, 2.45) is 4.99 Å². The third-order valence-electron chi connectivity index (χ3n) is 3.70. The Hall–Kier alpha value is -3.74. The number of ether oxygens (including phenoxy) is 3. The zero-order valence-electron chi connectivity index (χ0n) is 15.5. The van der Waals surface area contributed by atoms with Gasteiger partial charge in [0.2, 0.25) is 5.90 Å². The second-order valence-electron chi connectivity index (χ2n) is 6.10. The van der Waals surface area contributed by atoms with Gasteiger partial charge in [0.05, 0.1) is 0 Å². The molecule has 2 aromatic carbocycles. The van der Waals surface area contributed by atoms with Gasteiger partial charge in [-0.05, 0) is 42.8 Å². The standard InChI is InChI=1S/C21H17NO6/c1-12-4-7-16(8-5-12)20-22-17(21(25)28-20)10-15-6-9-18(26-13(2)23)19(11-15)27-14(3)24/h4-11H,1-3H3/b17-10-. The fraction of sp³-hybridized carbons (Fsp3) is 0.143. The number of nitrogens with zero attached hydrogens (tertiary/aromatic N) is 1. The molecule has 0 aromatic heterocycles. The van der Waals surface area contributed by atoms with Gasteiger partial charge in [0.15, 0.2) is 17.2 Å². The van der Waals surface area contributed by atoms with Crippen molar-refractivity contribution in [1.29, 1.82) is 0 Å². The second kappa shape index (κ2) is 7.87. The molecule has 0 N–H and O–H groups in total. The molecule has 7 heteroatoms. The molecular formula is C21H17NO6. The maximum Gasteiger partial charge on any atom is 0.363 e. The highest BCUT2D eigenvalue weighted by molar-refractivity contribution is 6.12. The van der Waals surface area contributed by atoms with Gasteiger partial charge in [-0.25, -0.2) is 9.79 Å². The Morgan fingerprint density at radius 2 is 1.61 bits per heavy atom. The average Bonchev–Trinajstić information content (AvgIpc) is 2.97. The van der Waals surface area contributed by atoms with Gasteiger partial charge >= 0.3 is 17.9 Å². The van der Waals surface area contributed by atoms with Crippen LogP contribution in [0.2, 0.25) is 0 Å². The highest BCUT2D eigenvalue weighted by Gasteiger charge is 2.24. The van der Waals surface area contributed by atoms with Crippen LogP contribution in [0.5, 0.6) is 11.5 Å². The lowest BCUT2D eigenvalue weighted by Gasteiger charge is -2.09. The van der Waals surface area contributed by atoms with Crippen molar-refractivity contribution >= 4 is 29.9 Å². The number of hydrogen-bond donors (Lipinski definition) is 0. The summed E-state index contributed by atoms with van der Waals surface area (Å²) in [6.45, 7) is 4.43. The van der Waals surface area contributed by atoms with Crippen molar-refractivity contribution in [3.8, 4) is 11.5 Å². The summed E-state index contributed by atoms with van der Waals surface area (Å²) in [4.78, 5) is 38.9. The molecule has 0 saturated carbocycles. The van der Waals surface area contributed by atoms with Gasteiger partial charge in [-0.2, -0.15) is 0 Å². The minimum Gasteiger partial charge on any atom is -0.423 e. The summed E-state index contributed by atoms with van der Waals surface area (Å²) < 4.78 is 15.3. The van der Waals surface area contributed by atoms with E-state index in [0.717, 1.165) is 5.56 Å². The lowest BCUT2D eigenvalue weighted by atomic mass is 10.1. The second-order valence-corrected chi connectivity index (χ2v) is 6.10. The summed E-state index contributed by atoms with van der Waals surface area (Å²) in [6.07, 6.45) is 1.49. The Kier molecular flexibility index (Phi) is 5.35. The van der Waals surface area contributed by atoms with Gasteiger partial charge in [-0.1, -0.05) is 23.8 Å². The van der Waals surface area contributed by atoms with Gasteiger partial charge in [-0.15, -0.1) is 0 Å². The molecule has 1 aliphatic heterocycles. The maximum atomic E-state index is 12.1. The van der Waals surface area contributed by atoms with Gasteiger partial charge < -0.3 is 14.2 Å². The van der Waals surface area contributed by atoms with Crippen molar-refractivity contribution in [2.75, 3.05) is 0 Å². The fourth-order valence-electron chi connectivity index (χ4n) is 2.47. The third kappa shape index (κ3) is 4.50. The highest BCUT2D eigenvalue weighted by atomic mass is 16.6. The van der Waals surface area contributed by atoms with E-state index < -0.39 is 17.9 Å². The molecule has 0 unspecified atom stereocenters. The molecule has 0 fully saturated rings. The summed E-state index contributed by atoms with van der Waals surface area (Å²) in [5, 5.41) is 0. The van der Waals surface area contributed by atoms with Crippen LogP contribution in [0.4, 0.5) is 0 Å². The van der Waals surface area contributed by atoms with Crippen LogP contribution in [0.1, 0.15) is 30.5 Å². The van der Waals surface area contributed by atoms with E-state index in [4.69, 9.17) is 14.2 Å². The molecule has 0 amide bonds. The summed E-state index contributed by atoms with van der Waals surface area (Å²) in [5.41, 5.74) is 2.39. The minimum atomic E-state index is -0.589. The van der Waals surface area contributed by atoms with Crippen molar-refractivity contribution in [2.45, 2.75) is 20.8 Å². The number of aliphatic imine (C=N–C) groups is 1. The van der Waals surface area contributed by atoms with Crippen molar-refractivity contribution in [3.63, 3.8) is 0 Å². The lowest BCUT2D eigenvalue weighted by molar-refractivity contribution is -0.134. The summed E-state index contributed by atoms with van der Waals surface area (Å²) in [7, 11) is 0. The van der Waals surface area contributed by atoms with E-state index in [1.54, 1.807) is 6.07 Å². The predicted octanol–water partition coefficient (Wildman–Crippen LogP) is 3.19. The first kappa shape index (κ1) is 19.0. The smallest absolute Gasteiger partial charge is 0.363 e. The van der Waals surface area contributed by atoms with E-state index >= 15 is 0 Å². The van der Waals surface area contributed by atoms with Crippen LogP contribution in [0.3, 0.4) is 0 Å². The fourth-order valence-corrected chi connectivity index (χ4v) is 2.47. The number of esters is 3. The number of hydrogen-bond acceptors (Lipinski definition) is 7. The lowest BCUT2D eigenvalue weighted by Crippen LogP contribution is -2.07. The SMILES string of the molecule is CC(=O)Oc1ccc(/C=C2\N=C(c3ccc(C)cc3)OC2=O)cc1OC(C)=O. The van der Waals surface area contributed by atoms with E-state index in [0.29, 0.717) is 11.1 Å². The average molecular weight is 379 g/mol. The molecule has 0 spiro atoms. The molecule has 0 atom stereocenters. The Balaban J connectivity index is 1.93. The molecule has 0 saturated heterocycles. The summed E-state index contributed by atoms with van der Waals surface area (Å²) >= 11 is 0. The van der Waals surface area contributed by atoms with Crippen LogP contribution in [0.15, 0.2) is 53.2 Å². The number of carbonyl (C=O) groups excluding carboxylic acids is 3. The zero-order valence-corrected chi connectivity index (χ0v) is 15.5. The quantitative estimate of drug-likeness (QED) is 0.460. The predicted molar refractivity (Wildman–Crippen MR) is 101 cm³/mol. The van der Waals surface area contributed by atoms with Crippen LogP contribution in [-0.4, -0.2) is 23.8 Å². The Bertz CT molecular complexity index is 1020. The molecule has 0 bridgehead atoms. The highest BCUT2D eigenvalue weighted by Crippen LogP contribution is 2.30. The number of cyclic esters (lactones) is 1. The molecule has 3 rings (SSSR count). The monoisotopic (exact) mass is 379 g/mol. The molecule has 2 aromatic rings. The summed E-state index contributed by atoms with van der Waals surface area (Å²) in [6, 6.07) is 12.0. The largest absolute Gasteiger partial charge is 0.423 e. The van der Waals surface area contributed by atoms with Crippen LogP contribution in [0, 0.1) is 6.92 Å². The first-order chi connectivity index (χ1) is 13.3. The van der Waals surface area contributed by atoms with Gasteiger partial charge in [0.1, 0.15) is 0 Å². The molecule has 7 nitrogen and oxygen atoms in total. The van der Waals surface area contributed by atoms with E-state index in [-0.39, 0.29) is 23.1 Å². The number of benzene rings is 2.